The minimum atomic E-state index is -0.257. The number of amides is 1. The average molecular weight is 365 g/mol. The number of nitrogens with one attached hydrogen (secondary N) is 1. The van der Waals surface area contributed by atoms with Gasteiger partial charge in [-0.1, -0.05) is 23.7 Å². The van der Waals surface area contributed by atoms with Gasteiger partial charge in [0.05, 0.1) is 28.7 Å². The molecular formula is C19H13ClN4O2. The highest BCUT2D eigenvalue weighted by atomic mass is 35.5. The Morgan fingerprint density at radius 2 is 1.92 bits per heavy atom. The van der Waals surface area contributed by atoms with E-state index in [0.717, 1.165) is 5.56 Å². The standard InChI is InChI=1S/C19H13ClN4O2/c20-16-3-1-2-4-17(16)24-12-14(11-22-24)18(25)23-15-7-5-13(6-8-15)19-21-9-10-26-19/h1-12H,(H,23,25). The summed E-state index contributed by atoms with van der Waals surface area (Å²) in [6.45, 7) is 0. The number of hydrogen-bond acceptors (Lipinski definition) is 4. The molecule has 0 aliphatic rings. The molecule has 0 saturated heterocycles. The predicted octanol–water partition coefficient (Wildman–Crippen LogP) is 4.43. The summed E-state index contributed by atoms with van der Waals surface area (Å²) < 4.78 is 6.82. The normalized spacial score (nSPS) is 10.7. The summed E-state index contributed by atoms with van der Waals surface area (Å²) in [5, 5.41) is 7.60. The van der Waals surface area contributed by atoms with E-state index >= 15 is 0 Å². The molecule has 2 heterocycles. The number of hydrogen-bond donors (Lipinski definition) is 1. The highest BCUT2D eigenvalue weighted by Gasteiger charge is 2.11. The third-order valence-electron chi connectivity index (χ3n) is 3.77. The summed E-state index contributed by atoms with van der Waals surface area (Å²) in [5.74, 6) is 0.274. The van der Waals surface area contributed by atoms with Gasteiger partial charge < -0.3 is 9.73 Å². The molecule has 2 aromatic heterocycles. The van der Waals surface area contributed by atoms with Crippen LogP contribution in [0.4, 0.5) is 5.69 Å². The number of benzene rings is 2. The van der Waals surface area contributed by atoms with Gasteiger partial charge in [-0.3, -0.25) is 4.79 Å². The van der Waals surface area contributed by atoms with Crippen molar-refractivity contribution in [3.8, 4) is 17.1 Å². The zero-order valence-corrected chi connectivity index (χ0v) is 14.2. The van der Waals surface area contributed by atoms with Gasteiger partial charge in [0.15, 0.2) is 0 Å². The van der Waals surface area contributed by atoms with Crippen LogP contribution in [0.3, 0.4) is 0 Å². The van der Waals surface area contributed by atoms with E-state index in [1.54, 1.807) is 35.3 Å². The second-order valence-corrected chi connectivity index (χ2v) is 5.90. The summed E-state index contributed by atoms with van der Waals surface area (Å²) in [6, 6.07) is 14.5. The largest absolute Gasteiger partial charge is 0.445 e. The van der Waals surface area contributed by atoms with Gasteiger partial charge in [-0.05, 0) is 36.4 Å². The van der Waals surface area contributed by atoms with Crippen LogP contribution in [0, 0.1) is 0 Å². The maximum atomic E-state index is 12.4. The smallest absolute Gasteiger partial charge is 0.258 e. The van der Waals surface area contributed by atoms with E-state index in [1.807, 2.05) is 30.3 Å². The van der Waals surface area contributed by atoms with Crippen molar-refractivity contribution in [3.05, 3.63) is 84.0 Å². The third-order valence-corrected chi connectivity index (χ3v) is 4.09. The number of para-hydroxylation sites is 1. The number of halogens is 1. The number of oxazole rings is 1. The van der Waals surface area contributed by atoms with E-state index in [-0.39, 0.29) is 5.91 Å². The third kappa shape index (κ3) is 3.22. The van der Waals surface area contributed by atoms with Crippen molar-refractivity contribution in [2.75, 3.05) is 5.32 Å². The van der Waals surface area contributed by atoms with Crippen LogP contribution in [0.2, 0.25) is 5.02 Å². The van der Waals surface area contributed by atoms with E-state index in [4.69, 9.17) is 16.0 Å². The van der Waals surface area contributed by atoms with Crippen molar-refractivity contribution in [1.82, 2.24) is 14.8 Å². The average Bonchev–Trinajstić information content (AvgIpc) is 3.35. The Morgan fingerprint density at radius 1 is 1.12 bits per heavy atom. The van der Waals surface area contributed by atoms with Gasteiger partial charge in [0.2, 0.25) is 5.89 Å². The van der Waals surface area contributed by atoms with Gasteiger partial charge in [-0.2, -0.15) is 5.10 Å². The lowest BCUT2D eigenvalue weighted by Gasteiger charge is -2.04. The molecule has 1 amide bonds. The molecule has 0 unspecified atom stereocenters. The van der Waals surface area contributed by atoms with Crippen LogP contribution in [-0.4, -0.2) is 20.7 Å². The minimum Gasteiger partial charge on any atom is -0.445 e. The van der Waals surface area contributed by atoms with Gasteiger partial charge in [-0.25, -0.2) is 9.67 Å². The highest BCUT2D eigenvalue weighted by molar-refractivity contribution is 6.32. The van der Waals surface area contributed by atoms with Crippen LogP contribution in [-0.2, 0) is 0 Å². The molecular weight excluding hydrogens is 352 g/mol. The van der Waals surface area contributed by atoms with E-state index < -0.39 is 0 Å². The lowest BCUT2D eigenvalue weighted by molar-refractivity contribution is 0.102. The monoisotopic (exact) mass is 364 g/mol. The molecule has 7 heteroatoms. The zero-order chi connectivity index (χ0) is 17.9. The Morgan fingerprint density at radius 3 is 2.65 bits per heavy atom. The van der Waals surface area contributed by atoms with Crippen LogP contribution in [0.1, 0.15) is 10.4 Å². The lowest BCUT2D eigenvalue weighted by atomic mass is 10.2. The van der Waals surface area contributed by atoms with Crippen molar-refractivity contribution in [3.63, 3.8) is 0 Å². The molecule has 0 saturated carbocycles. The molecule has 6 nitrogen and oxygen atoms in total. The first-order chi connectivity index (χ1) is 12.7. The number of rotatable bonds is 4. The Labute approximate surface area is 154 Å². The summed E-state index contributed by atoms with van der Waals surface area (Å²) in [6.07, 6.45) is 6.24. The molecule has 26 heavy (non-hydrogen) atoms. The molecule has 0 bridgehead atoms. The topological polar surface area (TPSA) is 73.0 Å². The molecule has 4 rings (SSSR count). The number of aromatic nitrogens is 3. The lowest BCUT2D eigenvalue weighted by Crippen LogP contribution is -2.11. The Hall–Kier alpha value is -3.38. The zero-order valence-electron chi connectivity index (χ0n) is 13.5. The first-order valence-electron chi connectivity index (χ1n) is 7.81. The fourth-order valence-corrected chi connectivity index (χ4v) is 2.70. The number of nitrogens with zero attached hydrogens (tertiary/aromatic N) is 3. The van der Waals surface area contributed by atoms with Crippen LogP contribution < -0.4 is 5.32 Å². The first-order valence-corrected chi connectivity index (χ1v) is 8.19. The van der Waals surface area contributed by atoms with Crippen molar-refractivity contribution in [1.29, 1.82) is 0 Å². The van der Waals surface area contributed by atoms with Crippen LogP contribution in [0.15, 0.2) is 77.8 Å². The summed E-state index contributed by atoms with van der Waals surface area (Å²) in [5.41, 5.74) is 2.64. The molecule has 0 fully saturated rings. The molecule has 0 radical (unpaired) electrons. The fraction of sp³-hybridized carbons (Fsp3) is 0. The van der Waals surface area contributed by atoms with Crippen molar-refractivity contribution in [2.24, 2.45) is 0 Å². The van der Waals surface area contributed by atoms with Crippen molar-refractivity contribution in [2.45, 2.75) is 0 Å². The van der Waals surface area contributed by atoms with Gasteiger partial charge >= 0.3 is 0 Å². The Bertz CT molecular complexity index is 1040. The molecule has 0 atom stereocenters. The van der Waals surface area contributed by atoms with E-state index in [1.165, 1.54) is 12.5 Å². The van der Waals surface area contributed by atoms with Crippen molar-refractivity contribution >= 4 is 23.2 Å². The first kappa shape index (κ1) is 16.1. The van der Waals surface area contributed by atoms with Gasteiger partial charge in [0.25, 0.3) is 5.91 Å². The van der Waals surface area contributed by atoms with Crippen LogP contribution in [0.5, 0.6) is 0 Å². The number of carbonyl (C=O) groups is 1. The second kappa shape index (κ2) is 6.85. The van der Waals surface area contributed by atoms with Gasteiger partial charge in [-0.15, -0.1) is 0 Å². The summed E-state index contributed by atoms with van der Waals surface area (Å²) in [4.78, 5) is 16.5. The molecule has 2 aromatic carbocycles. The van der Waals surface area contributed by atoms with Crippen molar-refractivity contribution < 1.29 is 9.21 Å². The molecule has 0 spiro atoms. The molecule has 128 valence electrons. The second-order valence-electron chi connectivity index (χ2n) is 5.49. The van der Waals surface area contributed by atoms with E-state index in [9.17, 15) is 4.79 Å². The highest BCUT2D eigenvalue weighted by Crippen LogP contribution is 2.21. The SMILES string of the molecule is O=C(Nc1ccc(-c2ncco2)cc1)c1cnn(-c2ccccc2Cl)c1. The molecule has 0 aliphatic carbocycles. The molecule has 1 N–H and O–H groups in total. The van der Waals surface area contributed by atoms with Crippen LogP contribution in [0.25, 0.3) is 17.1 Å². The predicted molar refractivity (Wildman–Crippen MR) is 98.5 cm³/mol. The maximum absolute atomic E-state index is 12.4. The quantitative estimate of drug-likeness (QED) is 0.581. The molecule has 4 aromatic rings. The fourth-order valence-electron chi connectivity index (χ4n) is 2.47. The number of carbonyl (C=O) groups excluding carboxylic acids is 1. The number of anilines is 1. The Kier molecular flexibility index (Phi) is 4.25. The van der Waals surface area contributed by atoms with Crippen LogP contribution >= 0.6 is 11.6 Å². The molecule has 0 aliphatic heterocycles. The Balaban J connectivity index is 1.49. The minimum absolute atomic E-state index is 0.257. The summed E-state index contributed by atoms with van der Waals surface area (Å²) >= 11 is 6.16. The maximum Gasteiger partial charge on any atom is 0.258 e. The summed E-state index contributed by atoms with van der Waals surface area (Å²) in [7, 11) is 0. The van der Waals surface area contributed by atoms with E-state index in [2.05, 4.69) is 15.4 Å². The van der Waals surface area contributed by atoms with Gasteiger partial charge in [0.1, 0.15) is 6.26 Å². The van der Waals surface area contributed by atoms with Gasteiger partial charge in [0, 0.05) is 17.4 Å². The van der Waals surface area contributed by atoms with E-state index in [0.29, 0.717) is 27.9 Å².